The molecule has 0 bridgehead atoms. The number of rotatable bonds is 10. The molecule has 2 aromatic carbocycles. The van der Waals surface area contributed by atoms with Crippen molar-refractivity contribution in [2.24, 2.45) is 0 Å². The van der Waals surface area contributed by atoms with Crippen LogP contribution in [0.15, 0.2) is 46.9 Å². The number of hydrogen-bond donors (Lipinski definition) is 1. The van der Waals surface area contributed by atoms with Crippen LogP contribution in [0.1, 0.15) is 50.7 Å². The van der Waals surface area contributed by atoms with E-state index < -0.39 is 0 Å². The Morgan fingerprint density at radius 3 is 2.42 bits per heavy atom. The van der Waals surface area contributed by atoms with Crippen molar-refractivity contribution in [1.82, 2.24) is 0 Å². The molecule has 3 nitrogen and oxygen atoms in total. The largest absolute Gasteiger partial charge is 0.494 e. The van der Waals surface area contributed by atoms with Gasteiger partial charge in [0, 0.05) is 10.9 Å². The molecule has 0 aliphatic rings. The summed E-state index contributed by atoms with van der Waals surface area (Å²) in [6, 6.07) is 14.3. The van der Waals surface area contributed by atoms with Crippen LogP contribution in [0.3, 0.4) is 0 Å². The van der Waals surface area contributed by atoms with Crippen LogP contribution in [0.5, 0.6) is 5.75 Å². The molecule has 1 amide bonds. The zero-order chi connectivity index (χ0) is 18.8. The zero-order valence-corrected chi connectivity index (χ0v) is 17.3. The highest BCUT2D eigenvalue weighted by Crippen LogP contribution is 2.24. The summed E-state index contributed by atoms with van der Waals surface area (Å²) < 4.78 is 6.63. The highest BCUT2D eigenvalue weighted by molar-refractivity contribution is 9.10. The van der Waals surface area contributed by atoms with E-state index >= 15 is 0 Å². The second kappa shape index (κ2) is 11.0. The van der Waals surface area contributed by atoms with Crippen molar-refractivity contribution in [2.45, 2.75) is 52.4 Å². The fourth-order valence-electron chi connectivity index (χ4n) is 2.65. The molecule has 0 fully saturated rings. The number of nitrogens with one attached hydrogen (secondary N) is 1. The average Bonchev–Trinajstić information content (AvgIpc) is 2.66. The number of carbonyl (C=O) groups is 1. The van der Waals surface area contributed by atoms with Crippen molar-refractivity contribution in [3.63, 3.8) is 0 Å². The van der Waals surface area contributed by atoms with Gasteiger partial charge in [-0.1, -0.05) is 38.5 Å². The maximum Gasteiger partial charge on any atom is 0.224 e. The summed E-state index contributed by atoms with van der Waals surface area (Å²) in [6.45, 7) is 4.86. The Morgan fingerprint density at radius 2 is 1.77 bits per heavy atom. The lowest BCUT2D eigenvalue weighted by molar-refractivity contribution is -0.116. The third-order valence-electron chi connectivity index (χ3n) is 4.28. The van der Waals surface area contributed by atoms with Crippen LogP contribution < -0.4 is 10.1 Å². The fourth-order valence-corrected chi connectivity index (χ4v) is 3.18. The monoisotopic (exact) mass is 417 g/mol. The molecular weight excluding hydrogens is 390 g/mol. The molecule has 0 saturated heterocycles. The van der Waals surface area contributed by atoms with Gasteiger partial charge < -0.3 is 10.1 Å². The minimum atomic E-state index is 0.0111. The molecule has 0 radical (unpaired) electrons. The first-order valence-electron chi connectivity index (χ1n) is 9.42. The number of halogens is 1. The Kier molecular flexibility index (Phi) is 8.69. The number of hydrogen-bond acceptors (Lipinski definition) is 2. The number of carbonyl (C=O) groups excluding carboxylic acids is 1. The van der Waals surface area contributed by atoms with E-state index in [-0.39, 0.29) is 5.91 Å². The lowest BCUT2D eigenvalue weighted by Crippen LogP contribution is -2.13. The predicted octanol–water partition coefficient (Wildman–Crippen LogP) is 6.15. The van der Waals surface area contributed by atoms with Crippen LogP contribution in [-0.4, -0.2) is 12.5 Å². The van der Waals surface area contributed by atoms with Crippen LogP contribution in [-0.2, 0) is 17.6 Å². The van der Waals surface area contributed by atoms with Crippen molar-refractivity contribution < 1.29 is 9.53 Å². The quantitative estimate of drug-likeness (QED) is 0.470. The molecule has 26 heavy (non-hydrogen) atoms. The summed E-state index contributed by atoms with van der Waals surface area (Å²) in [4.78, 5) is 12.1. The Bertz CT molecular complexity index is 698. The van der Waals surface area contributed by atoms with E-state index in [2.05, 4.69) is 59.4 Å². The van der Waals surface area contributed by atoms with E-state index in [1.165, 1.54) is 24.0 Å². The van der Waals surface area contributed by atoms with Gasteiger partial charge in [0.2, 0.25) is 5.91 Å². The Balaban J connectivity index is 1.72. The molecule has 0 aromatic heterocycles. The molecule has 0 saturated carbocycles. The molecule has 140 valence electrons. The summed E-state index contributed by atoms with van der Waals surface area (Å²) in [5.41, 5.74) is 3.41. The lowest BCUT2D eigenvalue weighted by Gasteiger charge is -2.10. The lowest BCUT2D eigenvalue weighted by atomic mass is 10.1. The maximum absolute atomic E-state index is 12.1. The minimum absolute atomic E-state index is 0.0111. The Morgan fingerprint density at radius 1 is 1.04 bits per heavy atom. The molecule has 0 heterocycles. The molecule has 2 rings (SSSR count). The van der Waals surface area contributed by atoms with Gasteiger partial charge in [-0.25, -0.2) is 0 Å². The number of ether oxygens (including phenoxy) is 1. The Labute approximate surface area is 165 Å². The molecule has 2 aromatic rings. The maximum atomic E-state index is 12.1. The number of anilines is 1. The summed E-state index contributed by atoms with van der Waals surface area (Å²) in [7, 11) is 0. The normalized spacial score (nSPS) is 10.6. The van der Waals surface area contributed by atoms with Crippen molar-refractivity contribution in [3.8, 4) is 5.75 Å². The van der Waals surface area contributed by atoms with Gasteiger partial charge in [-0.15, -0.1) is 0 Å². The van der Waals surface area contributed by atoms with E-state index in [0.717, 1.165) is 28.8 Å². The van der Waals surface area contributed by atoms with E-state index in [1.54, 1.807) is 0 Å². The van der Waals surface area contributed by atoms with E-state index in [1.807, 2.05) is 18.2 Å². The molecule has 4 heteroatoms. The topological polar surface area (TPSA) is 38.3 Å². The first kappa shape index (κ1) is 20.5. The minimum Gasteiger partial charge on any atom is -0.494 e. The standard InChI is InChI=1S/C22H28BrNO2/c1-3-5-7-18-11-14-21(20(23)16-18)24-22(25)8-6-15-26-19-12-9-17(4-2)10-13-19/h9-14,16H,3-8,15H2,1-2H3,(H,24,25). The summed E-state index contributed by atoms with van der Waals surface area (Å²) in [5, 5.41) is 2.97. The Hall–Kier alpha value is -1.81. The second-order valence-corrected chi connectivity index (χ2v) is 7.27. The van der Waals surface area contributed by atoms with Crippen LogP contribution in [0.4, 0.5) is 5.69 Å². The summed E-state index contributed by atoms with van der Waals surface area (Å²) in [5.74, 6) is 0.866. The number of benzene rings is 2. The average molecular weight is 418 g/mol. The number of amides is 1. The van der Waals surface area contributed by atoms with Crippen LogP contribution >= 0.6 is 15.9 Å². The van der Waals surface area contributed by atoms with Crippen molar-refractivity contribution in [3.05, 3.63) is 58.1 Å². The van der Waals surface area contributed by atoms with Gasteiger partial charge in [-0.3, -0.25) is 4.79 Å². The van der Waals surface area contributed by atoms with Gasteiger partial charge >= 0.3 is 0 Å². The van der Waals surface area contributed by atoms with Crippen LogP contribution in [0.2, 0.25) is 0 Å². The summed E-state index contributed by atoms with van der Waals surface area (Å²) >= 11 is 3.55. The van der Waals surface area contributed by atoms with E-state index in [9.17, 15) is 4.79 Å². The van der Waals surface area contributed by atoms with E-state index in [0.29, 0.717) is 19.4 Å². The first-order valence-corrected chi connectivity index (χ1v) is 10.2. The van der Waals surface area contributed by atoms with Crippen LogP contribution in [0.25, 0.3) is 0 Å². The molecule has 0 atom stereocenters. The van der Waals surface area contributed by atoms with E-state index in [4.69, 9.17) is 4.74 Å². The third kappa shape index (κ3) is 6.83. The summed E-state index contributed by atoms with van der Waals surface area (Å²) in [6.07, 6.45) is 5.58. The third-order valence-corrected chi connectivity index (χ3v) is 4.93. The fraction of sp³-hybridized carbons (Fsp3) is 0.409. The SMILES string of the molecule is CCCCc1ccc(NC(=O)CCCOc2ccc(CC)cc2)c(Br)c1. The van der Waals surface area contributed by atoms with Crippen molar-refractivity contribution in [1.29, 1.82) is 0 Å². The molecule has 1 N–H and O–H groups in total. The molecule has 0 aliphatic heterocycles. The van der Waals surface area contributed by atoms with Gasteiger partial charge in [0.15, 0.2) is 0 Å². The van der Waals surface area contributed by atoms with Crippen molar-refractivity contribution in [2.75, 3.05) is 11.9 Å². The van der Waals surface area contributed by atoms with Crippen LogP contribution in [0, 0.1) is 0 Å². The molecule has 0 spiro atoms. The van der Waals surface area contributed by atoms with Gasteiger partial charge in [-0.05, 0) is 77.0 Å². The number of aryl methyl sites for hydroxylation is 2. The van der Waals surface area contributed by atoms with Gasteiger partial charge in [0.1, 0.15) is 5.75 Å². The smallest absolute Gasteiger partial charge is 0.224 e. The number of unbranched alkanes of at least 4 members (excludes halogenated alkanes) is 1. The van der Waals surface area contributed by atoms with Gasteiger partial charge in [0.05, 0.1) is 12.3 Å². The second-order valence-electron chi connectivity index (χ2n) is 6.42. The zero-order valence-electron chi connectivity index (χ0n) is 15.7. The molecule has 0 unspecified atom stereocenters. The van der Waals surface area contributed by atoms with Gasteiger partial charge in [0.25, 0.3) is 0 Å². The van der Waals surface area contributed by atoms with Crippen molar-refractivity contribution >= 4 is 27.5 Å². The molecular formula is C22H28BrNO2. The predicted molar refractivity (Wildman–Crippen MR) is 112 cm³/mol. The molecule has 0 aliphatic carbocycles. The first-order chi connectivity index (χ1) is 12.6. The highest BCUT2D eigenvalue weighted by atomic mass is 79.9. The highest BCUT2D eigenvalue weighted by Gasteiger charge is 2.07. The van der Waals surface area contributed by atoms with Gasteiger partial charge in [-0.2, -0.15) is 0 Å².